The fourth-order valence-corrected chi connectivity index (χ4v) is 1.43. The van der Waals surface area contributed by atoms with Gasteiger partial charge in [0.2, 0.25) is 5.91 Å². The number of halogens is 2. The highest BCUT2D eigenvalue weighted by Gasteiger charge is 2.13. The second-order valence-corrected chi connectivity index (χ2v) is 3.59. The van der Waals surface area contributed by atoms with E-state index < -0.39 is 5.97 Å². The van der Waals surface area contributed by atoms with Crippen molar-refractivity contribution in [3.05, 3.63) is 27.7 Å². The van der Waals surface area contributed by atoms with E-state index in [2.05, 4.69) is 5.32 Å². The second-order valence-electron chi connectivity index (χ2n) is 2.81. The summed E-state index contributed by atoms with van der Waals surface area (Å²) in [4.78, 5) is 21.5. The zero-order valence-corrected chi connectivity index (χ0v) is 9.19. The van der Waals surface area contributed by atoms with Gasteiger partial charge in [-0.25, -0.2) is 4.79 Å². The Hall–Kier alpha value is -1.26. The van der Waals surface area contributed by atoms with E-state index in [0.29, 0.717) is 5.69 Å². The van der Waals surface area contributed by atoms with Gasteiger partial charge in [-0.2, -0.15) is 0 Å². The number of hydrogen-bond acceptors (Lipinski definition) is 2. The van der Waals surface area contributed by atoms with Crippen molar-refractivity contribution in [3.63, 3.8) is 0 Å². The lowest BCUT2D eigenvalue weighted by atomic mass is 10.2. The topological polar surface area (TPSA) is 66.4 Å². The maximum Gasteiger partial charge on any atom is 0.337 e. The molecule has 0 radical (unpaired) electrons. The highest BCUT2D eigenvalue weighted by atomic mass is 35.5. The van der Waals surface area contributed by atoms with Crippen molar-refractivity contribution in [2.75, 3.05) is 5.32 Å². The molecule has 1 aromatic carbocycles. The summed E-state index contributed by atoms with van der Waals surface area (Å²) in [5, 5.41) is 11.3. The van der Waals surface area contributed by atoms with Gasteiger partial charge in [-0.3, -0.25) is 4.79 Å². The van der Waals surface area contributed by atoms with Gasteiger partial charge in [0.15, 0.2) is 0 Å². The number of benzene rings is 1. The van der Waals surface area contributed by atoms with E-state index in [1.165, 1.54) is 19.1 Å². The fourth-order valence-electron chi connectivity index (χ4n) is 1.02. The van der Waals surface area contributed by atoms with Crippen LogP contribution in [0.5, 0.6) is 0 Å². The summed E-state index contributed by atoms with van der Waals surface area (Å²) in [6.07, 6.45) is 0. The van der Waals surface area contributed by atoms with E-state index >= 15 is 0 Å². The van der Waals surface area contributed by atoms with Crippen LogP contribution in [0.2, 0.25) is 10.0 Å². The zero-order valence-electron chi connectivity index (χ0n) is 7.67. The minimum absolute atomic E-state index is 0.0433. The molecule has 1 rings (SSSR count). The molecule has 4 nitrogen and oxygen atoms in total. The molecule has 0 atom stereocenters. The molecule has 2 N–H and O–H groups in total. The summed E-state index contributed by atoms with van der Waals surface area (Å²) in [7, 11) is 0. The molecular weight excluding hydrogens is 241 g/mol. The van der Waals surface area contributed by atoms with Crippen LogP contribution < -0.4 is 5.32 Å². The number of amides is 1. The number of nitrogens with one attached hydrogen (secondary N) is 1. The summed E-state index contributed by atoms with van der Waals surface area (Å²) < 4.78 is 0. The summed E-state index contributed by atoms with van der Waals surface area (Å²) in [5.41, 5.74) is 0.155. The van der Waals surface area contributed by atoms with Crippen molar-refractivity contribution < 1.29 is 14.7 Å². The standard InChI is InChI=1S/C9H7Cl2NO3/c1-4(13)12-5-2-6(9(14)15)8(11)7(10)3-5/h2-3H,1H3,(H,12,13)(H,14,15). The number of carboxylic acid groups (broad SMARTS) is 1. The van der Waals surface area contributed by atoms with E-state index in [4.69, 9.17) is 28.3 Å². The molecule has 0 aliphatic heterocycles. The van der Waals surface area contributed by atoms with Gasteiger partial charge in [0.05, 0.1) is 15.6 Å². The predicted molar refractivity (Wildman–Crippen MR) is 57.7 cm³/mol. The molecular formula is C9H7Cl2NO3. The summed E-state index contributed by atoms with van der Waals surface area (Å²) in [6.45, 7) is 1.31. The Balaban J connectivity index is 3.23. The molecule has 1 amide bonds. The number of carbonyl (C=O) groups excluding carboxylic acids is 1. The number of anilines is 1. The Morgan fingerprint density at radius 2 is 1.93 bits per heavy atom. The monoisotopic (exact) mass is 247 g/mol. The molecule has 0 spiro atoms. The number of aromatic carboxylic acids is 1. The number of carbonyl (C=O) groups is 2. The fraction of sp³-hybridized carbons (Fsp3) is 0.111. The van der Waals surface area contributed by atoms with Gasteiger partial charge in [0.1, 0.15) is 0 Å². The molecule has 0 unspecified atom stereocenters. The SMILES string of the molecule is CC(=O)Nc1cc(Cl)c(Cl)c(C(=O)O)c1. The average Bonchev–Trinajstić information content (AvgIpc) is 2.09. The van der Waals surface area contributed by atoms with Crippen LogP contribution in [0.15, 0.2) is 12.1 Å². The molecule has 0 aromatic heterocycles. The third-order valence-corrected chi connectivity index (χ3v) is 2.38. The number of carboxylic acids is 1. The predicted octanol–water partition coefficient (Wildman–Crippen LogP) is 2.65. The minimum atomic E-state index is -1.20. The summed E-state index contributed by atoms with van der Waals surface area (Å²) >= 11 is 11.4. The molecule has 0 aliphatic rings. The van der Waals surface area contributed by atoms with Crippen molar-refractivity contribution in [2.45, 2.75) is 6.92 Å². The first-order chi connectivity index (χ1) is 6.91. The largest absolute Gasteiger partial charge is 0.478 e. The van der Waals surface area contributed by atoms with E-state index in [0.717, 1.165) is 0 Å². The highest BCUT2D eigenvalue weighted by molar-refractivity contribution is 6.44. The Morgan fingerprint density at radius 1 is 1.33 bits per heavy atom. The molecule has 15 heavy (non-hydrogen) atoms. The van der Waals surface area contributed by atoms with Gasteiger partial charge in [0.25, 0.3) is 0 Å². The lowest BCUT2D eigenvalue weighted by Crippen LogP contribution is -2.07. The van der Waals surface area contributed by atoms with Gasteiger partial charge in [0, 0.05) is 12.6 Å². The first-order valence-corrected chi connectivity index (χ1v) is 4.67. The van der Waals surface area contributed by atoms with Crippen molar-refractivity contribution >= 4 is 40.8 Å². The van der Waals surface area contributed by atoms with Crippen molar-refractivity contribution in [1.82, 2.24) is 0 Å². The average molecular weight is 248 g/mol. The van der Waals surface area contributed by atoms with Gasteiger partial charge < -0.3 is 10.4 Å². The first kappa shape index (κ1) is 11.8. The van der Waals surface area contributed by atoms with Gasteiger partial charge in [-0.15, -0.1) is 0 Å². The van der Waals surface area contributed by atoms with E-state index in [1.54, 1.807) is 0 Å². The molecule has 0 saturated carbocycles. The molecule has 0 bridgehead atoms. The number of hydrogen-bond donors (Lipinski definition) is 2. The van der Waals surface area contributed by atoms with E-state index in [1.807, 2.05) is 0 Å². The van der Waals surface area contributed by atoms with Gasteiger partial charge in [-0.05, 0) is 12.1 Å². The lowest BCUT2D eigenvalue weighted by molar-refractivity contribution is -0.114. The van der Waals surface area contributed by atoms with Crippen LogP contribution in [0.3, 0.4) is 0 Å². The minimum Gasteiger partial charge on any atom is -0.478 e. The molecule has 0 heterocycles. The van der Waals surface area contributed by atoms with Crippen LogP contribution in [0.4, 0.5) is 5.69 Å². The summed E-state index contributed by atoms with van der Waals surface area (Å²) in [6, 6.07) is 2.63. The molecule has 6 heteroatoms. The molecule has 1 aromatic rings. The van der Waals surface area contributed by atoms with Crippen LogP contribution in [0.1, 0.15) is 17.3 Å². The molecule has 0 saturated heterocycles. The van der Waals surface area contributed by atoms with Gasteiger partial charge in [-0.1, -0.05) is 23.2 Å². The van der Waals surface area contributed by atoms with Crippen LogP contribution in [-0.4, -0.2) is 17.0 Å². The highest BCUT2D eigenvalue weighted by Crippen LogP contribution is 2.29. The molecule has 0 aliphatic carbocycles. The third kappa shape index (κ3) is 2.84. The number of rotatable bonds is 2. The van der Waals surface area contributed by atoms with Crippen molar-refractivity contribution in [2.24, 2.45) is 0 Å². The van der Waals surface area contributed by atoms with E-state index in [-0.39, 0.29) is 21.5 Å². The maximum atomic E-state index is 10.8. The zero-order chi connectivity index (χ0) is 11.6. The van der Waals surface area contributed by atoms with E-state index in [9.17, 15) is 9.59 Å². The Kier molecular flexibility index (Phi) is 3.55. The van der Waals surface area contributed by atoms with Crippen LogP contribution in [0, 0.1) is 0 Å². The second kappa shape index (κ2) is 4.51. The maximum absolute atomic E-state index is 10.8. The van der Waals surface area contributed by atoms with Crippen molar-refractivity contribution in [3.8, 4) is 0 Å². The van der Waals surface area contributed by atoms with Crippen LogP contribution in [0.25, 0.3) is 0 Å². The smallest absolute Gasteiger partial charge is 0.337 e. The first-order valence-electron chi connectivity index (χ1n) is 3.91. The van der Waals surface area contributed by atoms with Crippen LogP contribution in [-0.2, 0) is 4.79 Å². The summed E-state index contributed by atoms with van der Waals surface area (Å²) in [5.74, 6) is -1.51. The van der Waals surface area contributed by atoms with Crippen LogP contribution >= 0.6 is 23.2 Å². The lowest BCUT2D eigenvalue weighted by Gasteiger charge is -2.06. The van der Waals surface area contributed by atoms with Crippen molar-refractivity contribution in [1.29, 1.82) is 0 Å². The third-order valence-electron chi connectivity index (χ3n) is 1.58. The van der Waals surface area contributed by atoms with Gasteiger partial charge >= 0.3 is 5.97 Å². The molecule has 80 valence electrons. The Morgan fingerprint density at radius 3 is 2.40 bits per heavy atom. The quantitative estimate of drug-likeness (QED) is 0.845. The molecule has 0 fully saturated rings. The Bertz CT molecular complexity index is 432. The normalized spacial score (nSPS) is 9.80. The Labute approximate surface area is 95.8 Å².